The number of piperidine rings is 1. The summed E-state index contributed by atoms with van der Waals surface area (Å²) in [5.74, 6) is 1.16. The first-order chi connectivity index (χ1) is 16.0. The van der Waals surface area contributed by atoms with Crippen LogP contribution in [0.1, 0.15) is 77.4 Å². The van der Waals surface area contributed by atoms with Crippen LogP contribution in [0.2, 0.25) is 0 Å². The topological polar surface area (TPSA) is 86.4 Å². The molecule has 2 fully saturated rings. The molecule has 3 heterocycles. The standard InChI is InChI=1S/C26H32N4O3/c1-17-8-10-19(11-9-17)26(33)30-14-12-22-21(16-30)24(31)28-23(27-22)20-7-4-13-29(15-20)25(32)18-5-2-3-6-18/h8-11,18,20H,2-7,12-16H2,1H3,(H,27,28,31)/t20-/m0/s1. The Morgan fingerprint density at radius 2 is 1.76 bits per heavy atom. The fourth-order valence-corrected chi connectivity index (χ4v) is 5.52. The monoisotopic (exact) mass is 448 g/mol. The second-order valence-electron chi connectivity index (χ2n) is 9.82. The molecular formula is C26H32N4O3. The highest BCUT2D eigenvalue weighted by atomic mass is 16.2. The smallest absolute Gasteiger partial charge is 0.256 e. The molecule has 2 aromatic rings. The van der Waals surface area contributed by atoms with Gasteiger partial charge in [-0.3, -0.25) is 14.4 Å². The summed E-state index contributed by atoms with van der Waals surface area (Å²) in [6.45, 7) is 4.25. The second-order valence-corrected chi connectivity index (χ2v) is 9.82. The van der Waals surface area contributed by atoms with Crippen LogP contribution in [0.5, 0.6) is 0 Å². The maximum atomic E-state index is 13.0. The van der Waals surface area contributed by atoms with E-state index >= 15 is 0 Å². The number of aromatic nitrogens is 2. The molecule has 1 N–H and O–H groups in total. The lowest BCUT2D eigenvalue weighted by Crippen LogP contribution is -2.43. The molecule has 5 rings (SSSR count). The van der Waals surface area contributed by atoms with Crippen LogP contribution in [0.3, 0.4) is 0 Å². The minimum Gasteiger partial charge on any atom is -0.342 e. The number of fused-ring (bicyclic) bond motifs is 1. The van der Waals surface area contributed by atoms with Crippen LogP contribution in [0.15, 0.2) is 29.1 Å². The first kappa shape index (κ1) is 21.9. The number of hydrogen-bond donors (Lipinski definition) is 1. The van der Waals surface area contributed by atoms with Crippen molar-refractivity contribution in [1.29, 1.82) is 0 Å². The van der Waals surface area contributed by atoms with E-state index in [1.165, 1.54) is 0 Å². The fraction of sp³-hybridized carbons (Fsp3) is 0.538. The number of carbonyl (C=O) groups is 2. The molecule has 0 bridgehead atoms. The van der Waals surface area contributed by atoms with Crippen LogP contribution < -0.4 is 5.56 Å². The number of nitrogens with zero attached hydrogens (tertiary/aromatic N) is 3. The van der Waals surface area contributed by atoms with Gasteiger partial charge in [-0.15, -0.1) is 0 Å². The summed E-state index contributed by atoms with van der Waals surface area (Å²) in [5.41, 5.74) is 2.96. The molecule has 2 amide bonds. The number of rotatable bonds is 3. The highest BCUT2D eigenvalue weighted by molar-refractivity contribution is 5.94. The van der Waals surface area contributed by atoms with Gasteiger partial charge < -0.3 is 14.8 Å². The third kappa shape index (κ3) is 4.45. The van der Waals surface area contributed by atoms with Crippen molar-refractivity contribution < 1.29 is 9.59 Å². The van der Waals surface area contributed by atoms with Crippen molar-refractivity contribution in [3.05, 3.63) is 62.8 Å². The lowest BCUT2D eigenvalue weighted by Gasteiger charge is -2.34. The van der Waals surface area contributed by atoms with Crippen molar-refractivity contribution in [1.82, 2.24) is 19.8 Å². The zero-order valence-corrected chi connectivity index (χ0v) is 19.3. The number of aryl methyl sites for hydroxylation is 1. The number of carbonyl (C=O) groups excluding carboxylic acids is 2. The van der Waals surface area contributed by atoms with Gasteiger partial charge >= 0.3 is 0 Å². The minimum absolute atomic E-state index is 0.0579. The summed E-state index contributed by atoms with van der Waals surface area (Å²) in [7, 11) is 0. The van der Waals surface area contributed by atoms with Crippen LogP contribution in [-0.2, 0) is 17.8 Å². The quantitative estimate of drug-likeness (QED) is 0.781. The van der Waals surface area contributed by atoms with Crippen LogP contribution >= 0.6 is 0 Å². The Balaban J connectivity index is 1.31. The summed E-state index contributed by atoms with van der Waals surface area (Å²) < 4.78 is 0. The summed E-state index contributed by atoms with van der Waals surface area (Å²) in [6, 6.07) is 7.52. The second kappa shape index (κ2) is 9.12. The van der Waals surface area contributed by atoms with E-state index < -0.39 is 0 Å². The van der Waals surface area contributed by atoms with E-state index in [2.05, 4.69) is 4.98 Å². The predicted octanol–water partition coefficient (Wildman–Crippen LogP) is 3.17. The highest BCUT2D eigenvalue weighted by Gasteiger charge is 2.33. The number of likely N-dealkylation sites (tertiary alicyclic amines) is 1. The summed E-state index contributed by atoms with van der Waals surface area (Å²) in [4.78, 5) is 50.4. The van der Waals surface area contributed by atoms with Gasteiger partial charge in [0.1, 0.15) is 5.82 Å². The van der Waals surface area contributed by atoms with Crippen molar-refractivity contribution in [2.45, 2.75) is 64.3 Å². The van der Waals surface area contributed by atoms with E-state index in [0.29, 0.717) is 36.5 Å². The molecule has 33 heavy (non-hydrogen) atoms. The molecule has 1 aromatic carbocycles. The SMILES string of the molecule is Cc1ccc(C(=O)N2CCc3nc([C@H]4CCCN(C(=O)C5CCCC5)C4)[nH]c(=O)c3C2)cc1. The van der Waals surface area contributed by atoms with E-state index in [1.54, 1.807) is 4.90 Å². The van der Waals surface area contributed by atoms with Gasteiger partial charge in [0.15, 0.2) is 0 Å². The maximum Gasteiger partial charge on any atom is 0.256 e. The van der Waals surface area contributed by atoms with Crippen LogP contribution in [0, 0.1) is 12.8 Å². The highest BCUT2D eigenvalue weighted by Crippen LogP contribution is 2.31. The van der Waals surface area contributed by atoms with Crippen molar-refractivity contribution in [3.8, 4) is 0 Å². The van der Waals surface area contributed by atoms with Gasteiger partial charge in [0.2, 0.25) is 5.91 Å². The van der Waals surface area contributed by atoms with Gasteiger partial charge in [-0.25, -0.2) is 4.98 Å². The first-order valence-electron chi connectivity index (χ1n) is 12.3. The summed E-state index contributed by atoms with van der Waals surface area (Å²) >= 11 is 0. The van der Waals surface area contributed by atoms with Gasteiger partial charge in [-0.1, -0.05) is 30.5 Å². The van der Waals surface area contributed by atoms with Gasteiger partial charge in [0, 0.05) is 43.5 Å². The Bertz CT molecular complexity index is 1100. The Morgan fingerprint density at radius 1 is 1.00 bits per heavy atom. The minimum atomic E-state index is -0.157. The Labute approximate surface area is 194 Å². The Kier molecular flexibility index (Phi) is 6.04. The van der Waals surface area contributed by atoms with Gasteiger partial charge in [0.25, 0.3) is 11.5 Å². The number of nitrogens with one attached hydrogen (secondary N) is 1. The summed E-state index contributed by atoms with van der Waals surface area (Å²) in [6.07, 6.45) is 6.74. The lowest BCUT2D eigenvalue weighted by atomic mass is 9.94. The van der Waals surface area contributed by atoms with E-state index in [-0.39, 0.29) is 35.8 Å². The molecule has 1 aliphatic carbocycles. The zero-order valence-electron chi connectivity index (χ0n) is 19.3. The molecule has 174 valence electrons. The molecule has 7 nitrogen and oxygen atoms in total. The molecule has 1 aromatic heterocycles. The van der Waals surface area contributed by atoms with E-state index in [0.717, 1.165) is 56.3 Å². The van der Waals surface area contributed by atoms with Crippen LogP contribution in [0.25, 0.3) is 0 Å². The number of amides is 2. The predicted molar refractivity (Wildman–Crippen MR) is 125 cm³/mol. The molecule has 0 unspecified atom stereocenters. The molecular weight excluding hydrogens is 416 g/mol. The third-order valence-corrected chi connectivity index (χ3v) is 7.50. The van der Waals surface area contributed by atoms with Crippen LogP contribution in [0.4, 0.5) is 0 Å². The van der Waals surface area contributed by atoms with Crippen molar-refractivity contribution in [3.63, 3.8) is 0 Å². The zero-order chi connectivity index (χ0) is 22.9. The van der Waals surface area contributed by atoms with E-state index in [9.17, 15) is 14.4 Å². The van der Waals surface area contributed by atoms with Gasteiger partial charge in [0.05, 0.1) is 17.8 Å². The Hall–Kier alpha value is -2.96. The van der Waals surface area contributed by atoms with Gasteiger partial charge in [-0.05, 0) is 44.7 Å². The number of H-pyrrole nitrogens is 1. The molecule has 1 saturated heterocycles. The third-order valence-electron chi connectivity index (χ3n) is 7.50. The Morgan fingerprint density at radius 3 is 2.52 bits per heavy atom. The van der Waals surface area contributed by atoms with Gasteiger partial charge in [-0.2, -0.15) is 0 Å². The molecule has 0 radical (unpaired) electrons. The van der Waals surface area contributed by atoms with E-state index in [1.807, 2.05) is 36.1 Å². The van der Waals surface area contributed by atoms with Crippen molar-refractivity contribution in [2.75, 3.05) is 19.6 Å². The number of aromatic amines is 1. The first-order valence-corrected chi connectivity index (χ1v) is 12.3. The molecule has 0 spiro atoms. The fourth-order valence-electron chi connectivity index (χ4n) is 5.52. The van der Waals surface area contributed by atoms with Crippen molar-refractivity contribution >= 4 is 11.8 Å². The molecule has 3 aliphatic rings. The average molecular weight is 449 g/mol. The maximum absolute atomic E-state index is 13.0. The lowest BCUT2D eigenvalue weighted by molar-refractivity contribution is -0.136. The largest absolute Gasteiger partial charge is 0.342 e. The molecule has 2 aliphatic heterocycles. The molecule has 1 saturated carbocycles. The number of benzene rings is 1. The summed E-state index contributed by atoms with van der Waals surface area (Å²) in [5, 5.41) is 0. The average Bonchev–Trinajstić information content (AvgIpc) is 3.38. The molecule has 1 atom stereocenters. The molecule has 7 heteroatoms. The van der Waals surface area contributed by atoms with E-state index in [4.69, 9.17) is 4.98 Å². The van der Waals surface area contributed by atoms with Crippen molar-refractivity contribution in [2.24, 2.45) is 5.92 Å². The normalized spacial score (nSPS) is 21.2. The van der Waals surface area contributed by atoms with Crippen LogP contribution in [-0.4, -0.2) is 51.2 Å². The number of hydrogen-bond acceptors (Lipinski definition) is 4.